The summed E-state index contributed by atoms with van der Waals surface area (Å²) in [7, 11) is 1.58. The monoisotopic (exact) mass is 280 g/mol. The van der Waals surface area contributed by atoms with Crippen LogP contribution in [0.2, 0.25) is 0 Å². The lowest BCUT2D eigenvalue weighted by atomic mass is 9.99. The van der Waals surface area contributed by atoms with E-state index in [9.17, 15) is 14.7 Å². The van der Waals surface area contributed by atoms with Crippen molar-refractivity contribution in [2.24, 2.45) is 13.0 Å². The van der Waals surface area contributed by atoms with E-state index in [1.165, 1.54) is 10.6 Å². The first-order valence-electron chi connectivity index (χ1n) is 6.82. The van der Waals surface area contributed by atoms with Crippen molar-refractivity contribution in [2.75, 3.05) is 13.2 Å². The van der Waals surface area contributed by atoms with Crippen molar-refractivity contribution in [3.8, 4) is 0 Å². The van der Waals surface area contributed by atoms with Crippen LogP contribution in [-0.4, -0.2) is 50.8 Å². The Morgan fingerprint density at radius 2 is 2.00 bits per heavy atom. The Balaban J connectivity index is 2.26. The van der Waals surface area contributed by atoms with Crippen LogP contribution in [0.25, 0.3) is 0 Å². The third kappa shape index (κ3) is 2.31. The van der Waals surface area contributed by atoms with Crippen LogP contribution >= 0.6 is 0 Å². The molecule has 1 fully saturated rings. The number of carboxylic acids is 1. The largest absolute Gasteiger partial charge is 0.477 e. The number of aliphatic hydroxyl groups excluding tert-OH is 1. The number of nitrogens with zero attached hydrogens (tertiary/aromatic N) is 2. The van der Waals surface area contributed by atoms with Crippen molar-refractivity contribution < 1.29 is 19.8 Å². The van der Waals surface area contributed by atoms with Crippen LogP contribution in [0.3, 0.4) is 0 Å². The van der Waals surface area contributed by atoms with Gasteiger partial charge in [0.05, 0.1) is 0 Å². The number of aromatic carboxylic acids is 1. The molecule has 2 atom stereocenters. The minimum atomic E-state index is -1.05. The van der Waals surface area contributed by atoms with E-state index >= 15 is 0 Å². The Morgan fingerprint density at radius 1 is 1.35 bits per heavy atom. The predicted octanol–water partition coefficient (Wildman–Crippen LogP) is 0.956. The lowest BCUT2D eigenvalue weighted by molar-refractivity contribution is 0.0679. The molecule has 0 saturated carbocycles. The molecule has 110 valence electrons. The van der Waals surface area contributed by atoms with Gasteiger partial charge in [0.1, 0.15) is 11.4 Å². The molecule has 0 spiro atoms. The van der Waals surface area contributed by atoms with Crippen LogP contribution in [0.15, 0.2) is 12.1 Å². The second-order valence-corrected chi connectivity index (χ2v) is 5.17. The van der Waals surface area contributed by atoms with E-state index in [0.717, 1.165) is 12.8 Å². The van der Waals surface area contributed by atoms with Crippen LogP contribution in [0.5, 0.6) is 0 Å². The Hall–Kier alpha value is -1.82. The molecule has 0 aliphatic carbocycles. The summed E-state index contributed by atoms with van der Waals surface area (Å²) in [6, 6.07) is 3.01. The number of aromatic nitrogens is 1. The summed E-state index contributed by atoms with van der Waals surface area (Å²) in [6.45, 7) is 2.68. The second-order valence-electron chi connectivity index (χ2n) is 5.17. The SMILES string of the molecule is CCC1C(CO)CCN1C(=O)c1ccc(C(=O)O)n1C. The number of carbonyl (C=O) groups is 2. The van der Waals surface area contributed by atoms with E-state index in [4.69, 9.17) is 5.11 Å². The fraction of sp³-hybridized carbons (Fsp3) is 0.571. The molecule has 0 aromatic carbocycles. The van der Waals surface area contributed by atoms with E-state index in [1.807, 2.05) is 6.92 Å². The molecular weight excluding hydrogens is 260 g/mol. The molecule has 2 heterocycles. The van der Waals surface area contributed by atoms with E-state index in [0.29, 0.717) is 12.2 Å². The summed E-state index contributed by atoms with van der Waals surface area (Å²) in [5.74, 6) is -1.10. The fourth-order valence-corrected chi connectivity index (χ4v) is 3.02. The molecule has 0 radical (unpaired) electrons. The number of hydrogen-bond donors (Lipinski definition) is 2. The van der Waals surface area contributed by atoms with Gasteiger partial charge in [0.25, 0.3) is 5.91 Å². The standard InChI is InChI=1S/C14H20N2O4/c1-3-10-9(8-17)6-7-16(10)13(18)11-4-5-12(14(19)20)15(11)2/h4-5,9-10,17H,3,6-8H2,1-2H3,(H,19,20). The van der Waals surface area contributed by atoms with Crippen molar-refractivity contribution in [1.29, 1.82) is 0 Å². The molecule has 1 amide bonds. The number of amides is 1. The summed E-state index contributed by atoms with van der Waals surface area (Å²) in [6.07, 6.45) is 1.57. The van der Waals surface area contributed by atoms with Gasteiger partial charge in [-0.15, -0.1) is 0 Å². The van der Waals surface area contributed by atoms with Gasteiger partial charge in [-0.2, -0.15) is 0 Å². The Kier molecular flexibility index (Phi) is 4.13. The van der Waals surface area contributed by atoms with Crippen LogP contribution < -0.4 is 0 Å². The van der Waals surface area contributed by atoms with Gasteiger partial charge >= 0.3 is 5.97 Å². The highest BCUT2D eigenvalue weighted by Gasteiger charge is 2.36. The van der Waals surface area contributed by atoms with E-state index < -0.39 is 5.97 Å². The highest BCUT2D eigenvalue weighted by Crippen LogP contribution is 2.28. The molecule has 2 rings (SSSR count). The highest BCUT2D eigenvalue weighted by molar-refractivity contribution is 5.96. The lowest BCUT2D eigenvalue weighted by Gasteiger charge is -2.26. The van der Waals surface area contributed by atoms with E-state index in [2.05, 4.69) is 0 Å². The average molecular weight is 280 g/mol. The fourth-order valence-electron chi connectivity index (χ4n) is 3.02. The molecule has 2 unspecified atom stereocenters. The maximum absolute atomic E-state index is 12.6. The number of aliphatic hydroxyl groups is 1. The van der Waals surface area contributed by atoms with Gasteiger partial charge in [-0.1, -0.05) is 6.92 Å². The molecule has 6 nitrogen and oxygen atoms in total. The smallest absolute Gasteiger partial charge is 0.352 e. The summed E-state index contributed by atoms with van der Waals surface area (Å²) in [4.78, 5) is 25.3. The first kappa shape index (κ1) is 14.6. The molecule has 0 bridgehead atoms. The average Bonchev–Trinajstić information content (AvgIpc) is 3.00. The van der Waals surface area contributed by atoms with Crippen molar-refractivity contribution >= 4 is 11.9 Å². The first-order valence-corrected chi connectivity index (χ1v) is 6.82. The van der Waals surface area contributed by atoms with Crippen molar-refractivity contribution in [2.45, 2.75) is 25.8 Å². The topological polar surface area (TPSA) is 82.8 Å². The van der Waals surface area contributed by atoms with Gasteiger partial charge in [-0.3, -0.25) is 4.79 Å². The summed E-state index contributed by atoms with van der Waals surface area (Å²) < 4.78 is 1.41. The zero-order valence-electron chi connectivity index (χ0n) is 11.7. The molecule has 1 saturated heterocycles. The summed E-state index contributed by atoms with van der Waals surface area (Å²) >= 11 is 0. The van der Waals surface area contributed by atoms with Gasteiger partial charge in [0.2, 0.25) is 0 Å². The molecule has 20 heavy (non-hydrogen) atoms. The molecule has 2 N–H and O–H groups in total. The summed E-state index contributed by atoms with van der Waals surface area (Å²) in [5, 5.41) is 18.4. The van der Waals surface area contributed by atoms with Crippen LogP contribution in [0.4, 0.5) is 0 Å². The van der Waals surface area contributed by atoms with Crippen molar-refractivity contribution in [3.05, 3.63) is 23.5 Å². The van der Waals surface area contributed by atoms with Gasteiger partial charge < -0.3 is 19.7 Å². The minimum Gasteiger partial charge on any atom is -0.477 e. The maximum atomic E-state index is 12.6. The zero-order chi connectivity index (χ0) is 14.9. The predicted molar refractivity (Wildman–Crippen MR) is 72.7 cm³/mol. The quantitative estimate of drug-likeness (QED) is 0.860. The van der Waals surface area contributed by atoms with Crippen molar-refractivity contribution in [1.82, 2.24) is 9.47 Å². The van der Waals surface area contributed by atoms with Gasteiger partial charge in [-0.25, -0.2) is 4.79 Å². The molecule has 1 aromatic rings. The minimum absolute atomic E-state index is 0.0238. The van der Waals surface area contributed by atoms with Crippen molar-refractivity contribution in [3.63, 3.8) is 0 Å². The molecular formula is C14H20N2O4. The molecule has 6 heteroatoms. The lowest BCUT2D eigenvalue weighted by Crippen LogP contribution is -2.39. The van der Waals surface area contributed by atoms with Gasteiger partial charge in [0, 0.05) is 32.2 Å². The molecule has 1 aliphatic heterocycles. The normalized spacial score (nSPS) is 22.2. The third-order valence-electron chi connectivity index (χ3n) is 4.16. The highest BCUT2D eigenvalue weighted by atomic mass is 16.4. The molecule has 1 aliphatic rings. The zero-order valence-corrected chi connectivity index (χ0v) is 11.7. The van der Waals surface area contributed by atoms with Crippen LogP contribution in [0, 0.1) is 5.92 Å². The molecule has 1 aromatic heterocycles. The van der Waals surface area contributed by atoms with Gasteiger partial charge in [0.15, 0.2) is 0 Å². The third-order valence-corrected chi connectivity index (χ3v) is 4.16. The number of carbonyl (C=O) groups excluding carboxylic acids is 1. The number of hydrogen-bond acceptors (Lipinski definition) is 3. The van der Waals surface area contributed by atoms with Crippen LogP contribution in [-0.2, 0) is 7.05 Å². The van der Waals surface area contributed by atoms with Crippen LogP contribution in [0.1, 0.15) is 40.7 Å². The number of likely N-dealkylation sites (tertiary alicyclic amines) is 1. The number of carboxylic acid groups (broad SMARTS) is 1. The van der Waals surface area contributed by atoms with E-state index in [1.54, 1.807) is 18.0 Å². The maximum Gasteiger partial charge on any atom is 0.352 e. The summed E-state index contributed by atoms with van der Waals surface area (Å²) in [5.41, 5.74) is 0.471. The first-order chi connectivity index (χ1) is 9.51. The van der Waals surface area contributed by atoms with Gasteiger partial charge in [-0.05, 0) is 25.0 Å². The van der Waals surface area contributed by atoms with E-state index in [-0.39, 0.29) is 30.2 Å². The Labute approximate surface area is 117 Å². The second kappa shape index (κ2) is 5.66. The Bertz CT molecular complexity index is 523. The number of rotatable bonds is 4. The Morgan fingerprint density at radius 3 is 2.50 bits per heavy atom.